The third kappa shape index (κ3) is 3.08. The van der Waals surface area contributed by atoms with E-state index < -0.39 is 0 Å². The number of anilines is 1. The lowest BCUT2D eigenvalue weighted by molar-refractivity contribution is 0.760. The highest BCUT2D eigenvalue weighted by atomic mass is 15.0. The van der Waals surface area contributed by atoms with Gasteiger partial charge in [-0.05, 0) is 49.2 Å². The fourth-order valence-corrected chi connectivity index (χ4v) is 2.09. The summed E-state index contributed by atoms with van der Waals surface area (Å²) in [6, 6.07) is 12.3. The third-order valence-corrected chi connectivity index (χ3v) is 2.84. The first-order valence-electron chi connectivity index (χ1n) is 6.15. The molecule has 1 atom stereocenters. The highest BCUT2D eigenvalue weighted by Crippen LogP contribution is 2.19. The molecule has 0 bridgehead atoms. The minimum absolute atomic E-state index is 0.0485. The van der Waals surface area contributed by atoms with Gasteiger partial charge in [0.25, 0.3) is 0 Å². The smallest absolute Gasteiger partial charge is 0.0807 e. The van der Waals surface area contributed by atoms with E-state index >= 15 is 0 Å². The molecule has 1 aromatic heterocycles. The van der Waals surface area contributed by atoms with Gasteiger partial charge in [0.15, 0.2) is 0 Å². The zero-order chi connectivity index (χ0) is 13.0. The first-order valence-corrected chi connectivity index (χ1v) is 6.15. The van der Waals surface area contributed by atoms with Gasteiger partial charge in [-0.25, -0.2) is 0 Å². The van der Waals surface area contributed by atoms with Crippen LogP contribution >= 0.6 is 0 Å². The van der Waals surface area contributed by atoms with E-state index in [1.165, 1.54) is 11.1 Å². The molecule has 3 nitrogen and oxygen atoms in total. The summed E-state index contributed by atoms with van der Waals surface area (Å²) in [6.07, 6.45) is 1.79. The Kier molecular flexibility index (Phi) is 3.95. The van der Waals surface area contributed by atoms with Gasteiger partial charge in [0, 0.05) is 18.4 Å². The van der Waals surface area contributed by atoms with Crippen molar-refractivity contribution < 1.29 is 0 Å². The molecule has 0 aliphatic heterocycles. The standard InChI is InChI=1S/C15H19N3/c1-11-7-12(2)9-13(8-11)18-15(10-16)14-5-3-4-6-17-14/h3-9,15,18H,10,16H2,1-2H3. The van der Waals surface area contributed by atoms with Crippen molar-refractivity contribution in [2.75, 3.05) is 11.9 Å². The molecule has 0 aliphatic carbocycles. The molecule has 0 saturated heterocycles. The SMILES string of the molecule is Cc1cc(C)cc(NC(CN)c2ccccn2)c1. The zero-order valence-corrected chi connectivity index (χ0v) is 10.9. The molecule has 2 rings (SSSR count). The van der Waals surface area contributed by atoms with Crippen molar-refractivity contribution in [3.05, 3.63) is 59.4 Å². The summed E-state index contributed by atoms with van der Waals surface area (Å²) in [7, 11) is 0. The number of nitrogens with zero attached hydrogens (tertiary/aromatic N) is 1. The van der Waals surface area contributed by atoms with Crippen LogP contribution in [-0.2, 0) is 0 Å². The number of rotatable bonds is 4. The molecule has 0 aliphatic rings. The van der Waals surface area contributed by atoms with Crippen LogP contribution in [0.1, 0.15) is 22.9 Å². The molecule has 0 radical (unpaired) electrons. The molecule has 1 heterocycles. The third-order valence-electron chi connectivity index (χ3n) is 2.84. The maximum atomic E-state index is 5.83. The summed E-state index contributed by atoms with van der Waals surface area (Å²) in [5.41, 5.74) is 10.4. The van der Waals surface area contributed by atoms with Crippen molar-refractivity contribution in [2.45, 2.75) is 19.9 Å². The fourth-order valence-electron chi connectivity index (χ4n) is 2.09. The Labute approximate surface area is 108 Å². The van der Waals surface area contributed by atoms with Crippen LogP contribution in [0.25, 0.3) is 0 Å². The molecule has 3 heteroatoms. The number of hydrogen-bond donors (Lipinski definition) is 2. The quantitative estimate of drug-likeness (QED) is 0.865. The van der Waals surface area contributed by atoms with E-state index in [9.17, 15) is 0 Å². The van der Waals surface area contributed by atoms with Gasteiger partial charge >= 0.3 is 0 Å². The molecular formula is C15H19N3. The van der Waals surface area contributed by atoms with E-state index in [2.05, 4.69) is 42.3 Å². The van der Waals surface area contributed by atoms with E-state index in [1.807, 2.05) is 18.2 Å². The Morgan fingerprint density at radius 3 is 2.44 bits per heavy atom. The van der Waals surface area contributed by atoms with Crippen LogP contribution in [-0.4, -0.2) is 11.5 Å². The van der Waals surface area contributed by atoms with E-state index in [1.54, 1.807) is 6.20 Å². The lowest BCUT2D eigenvalue weighted by Gasteiger charge is -2.18. The second kappa shape index (κ2) is 5.65. The molecule has 0 fully saturated rings. The molecule has 18 heavy (non-hydrogen) atoms. The van der Waals surface area contributed by atoms with E-state index in [-0.39, 0.29) is 6.04 Å². The minimum Gasteiger partial charge on any atom is -0.375 e. The molecule has 1 aromatic carbocycles. The summed E-state index contributed by atoms with van der Waals surface area (Å²) in [5.74, 6) is 0. The molecule has 94 valence electrons. The van der Waals surface area contributed by atoms with Gasteiger partial charge in [-0.3, -0.25) is 4.98 Å². The fraction of sp³-hybridized carbons (Fsp3) is 0.267. The molecule has 0 spiro atoms. The first-order chi connectivity index (χ1) is 8.69. The van der Waals surface area contributed by atoms with Crippen molar-refractivity contribution >= 4 is 5.69 Å². The molecular weight excluding hydrogens is 222 g/mol. The molecule has 0 amide bonds. The van der Waals surface area contributed by atoms with Gasteiger partial charge in [0.2, 0.25) is 0 Å². The topological polar surface area (TPSA) is 50.9 Å². The van der Waals surface area contributed by atoms with Crippen LogP contribution in [0.15, 0.2) is 42.6 Å². The van der Waals surface area contributed by atoms with Gasteiger partial charge in [0.05, 0.1) is 11.7 Å². The highest BCUT2D eigenvalue weighted by Gasteiger charge is 2.10. The predicted molar refractivity (Wildman–Crippen MR) is 75.6 cm³/mol. The van der Waals surface area contributed by atoms with Gasteiger partial charge in [-0.15, -0.1) is 0 Å². The molecule has 1 unspecified atom stereocenters. The number of nitrogens with two attached hydrogens (primary N) is 1. The van der Waals surface area contributed by atoms with Gasteiger partial charge in [-0.2, -0.15) is 0 Å². The van der Waals surface area contributed by atoms with Gasteiger partial charge < -0.3 is 11.1 Å². The summed E-state index contributed by atoms with van der Waals surface area (Å²) < 4.78 is 0. The highest BCUT2D eigenvalue weighted by molar-refractivity contribution is 5.49. The van der Waals surface area contributed by atoms with E-state index in [0.29, 0.717) is 6.54 Å². The summed E-state index contributed by atoms with van der Waals surface area (Å²) in [6.45, 7) is 4.71. The summed E-state index contributed by atoms with van der Waals surface area (Å²) in [5, 5.41) is 3.44. The van der Waals surface area contributed by atoms with E-state index in [4.69, 9.17) is 5.73 Å². The maximum Gasteiger partial charge on any atom is 0.0807 e. The molecule has 0 saturated carbocycles. The Balaban J connectivity index is 2.20. The van der Waals surface area contributed by atoms with Crippen molar-refractivity contribution in [1.29, 1.82) is 0 Å². The summed E-state index contributed by atoms with van der Waals surface area (Å²) in [4.78, 5) is 4.35. The minimum atomic E-state index is 0.0485. The molecule has 3 N–H and O–H groups in total. The number of benzene rings is 1. The molecule has 2 aromatic rings. The number of nitrogens with one attached hydrogen (secondary N) is 1. The van der Waals surface area contributed by atoms with Crippen LogP contribution in [0.5, 0.6) is 0 Å². The lowest BCUT2D eigenvalue weighted by atomic mass is 10.1. The Morgan fingerprint density at radius 1 is 1.17 bits per heavy atom. The average molecular weight is 241 g/mol. The van der Waals surface area contributed by atoms with Crippen molar-refractivity contribution in [3.63, 3.8) is 0 Å². The van der Waals surface area contributed by atoms with Crippen molar-refractivity contribution in [1.82, 2.24) is 4.98 Å². The second-order valence-corrected chi connectivity index (χ2v) is 4.56. The number of aromatic nitrogens is 1. The normalized spacial score (nSPS) is 12.2. The Bertz CT molecular complexity index is 488. The second-order valence-electron chi connectivity index (χ2n) is 4.56. The van der Waals surface area contributed by atoms with Gasteiger partial charge in [0.1, 0.15) is 0 Å². The predicted octanol–water partition coefficient (Wildman–Crippen LogP) is 2.81. The van der Waals surface area contributed by atoms with E-state index in [0.717, 1.165) is 11.4 Å². The average Bonchev–Trinajstić information content (AvgIpc) is 2.36. The van der Waals surface area contributed by atoms with Crippen molar-refractivity contribution in [2.24, 2.45) is 5.73 Å². The lowest BCUT2D eigenvalue weighted by Crippen LogP contribution is -2.21. The van der Waals surface area contributed by atoms with Gasteiger partial charge in [-0.1, -0.05) is 12.1 Å². The zero-order valence-electron chi connectivity index (χ0n) is 10.9. The first kappa shape index (κ1) is 12.6. The monoisotopic (exact) mass is 241 g/mol. The number of aryl methyl sites for hydroxylation is 2. The van der Waals surface area contributed by atoms with Crippen LogP contribution in [0.4, 0.5) is 5.69 Å². The summed E-state index contributed by atoms with van der Waals surface area (Å²) >= 11 is 0. The van der Waals surface area contributed by atoms with Crippen LogP contribution in [0.2, 0.25) is 0 Å². The van der Waals surface area contributed by atoms with Crippen LogP contribution in [0, 0.1) is 13.8 Å². The largest absolute Gasteiger partial charge is 0.375 e. The number of hydrogen-bond acceptors (Lipinski definition) is 3. The number of pyridine rings is 1. The van der Waals surface area contributed by atoms with Crippen molar-refractivity contribution in [3.8, 4) is 0 Å². The van der Waals surface area contributed by atoms with Crippen LogP contribution in [0.3, 0.4) is 0 Å². The maximum absolute atomic E-state index is 5.83. The Morgan fingerprint density at radius 2 is 1.89 bits per heavy atom. The Hall–Kier alpha value is -1.87. The van der Waals surface area contributed by atoms with Crippen LogP contribution < -0.4 is 11.1 Å².